The van der Waals surface area contributed by atoms with Gasteiger partial charge < -0.3 is 0 Å². The van der Waals surface area contributed by atoms with Gasteiger partial charge in [-0.15, -0.1) is 0 Å². The van der Waals surface area contributed by atoms with Gasteiger partial charge in [0.25, 0.3) is 0 Å². The van der Waals surface area contributed by atoms with Gasteiger partial charge in [0.1, 0.15) is 0 Å². The van der Waals surface area contributed by atoms with Gasteiger partial charge in [-0.25, -0.2) is 0 Å². The Balaban J connectivity index is 1.83. The molecule has 1 fully saturated rings. The van der Waals surface area contributed by atoms with E-state index in [1.54, 1.807) is 0 Å². The van der Waals surface area contributed by atoms with Crippen LogP contribution >= 0.6 is 0 Å². The van der Waals surface area contributed by atoms with Crippen LogP contribution in [-0.2, 0) is 14.3 Å². The number of hydrogen-bond donors (Lipinski definition) is 0. The van der Waals surface area contributed by atoms with Crippen LogP contribution in [0.1, 0.15) is 11.7 Å². The molecule has 0 unspecified atom stereocenters. The molecule has 3 nitrogen and oxygen atoms in total. The fourth-order valence-corrected chi connectivity index (χ4v) is 5.28. The van der Waals surface area contributed by atoms with Crippen molar-refractivity contribution in [2.24, 2.45) is 5.92 Å². The third-order valence-electron chi connectivity index (χ3n) is 3.80. The van der Waals surface area contributed by atoms with E-state index < -0.39 is 0 Å². The third kappa shape index (κ3) is 3.25. The Kier molecular flexibility index (Phi) is 4.93. The fourth-order valence-electron chi connectivity index (χ4n) is 2.74. The molecule has 2 aromatic rings. The van der Waals surface area contributed by atoms with Crippen molar-refractivity contribution >= 4 is 25.4 Å². The van der Waals surface area contributed by atoms with Gasteiger partial charge in [0.05, 0.1) is 0 Å². The van der Waals surface area contributed by atoms with E-state index in [0.717, 1.165) is 5.56 Å². The average molecular weight is 361 g/mol. The summed E-state index contributed by atoms with van der Waals surface area (Å²) in [7, 11) is 1.45. The zero-order chi connectivity index (χ0) is 15.4. The Labute approximate surface area is 136 Å². The molecular weight excluding hydrogens is 343 g/mol. The van der Waals surface area contributed by atoms with Crippen LogP contribution in [0.4, 0.5) is 0 Å². The van der Waals surface area contributed by atoms with Crippen molar-refractivity contribution in [2.75, 3.05) is 13.7 Å². The average Bonchev–Trinajstić information content (AvgIpc) is 2.99. The van der Waals surface area contributed by atoms with E-state index in [-0.39, 0.29) is 37.8 Å². The van der Waals surface area contributed by atoms with Gasteiger partial charge in [-0.2, -0.15) is 0 Å². The second-order valence-corrected chi connectivity index (χ2v) is 7.94. The van der Waals surface area contributed by atoms with E-state index in [2.05, 4.69) is 12.1 Å². The van der Waals surface area contributed by atoms with Crippen LogP contribution in [0.2, 0.25) is 4.82 Å². The summed E-state index contributed by atoms with van der Waals surface area (Å²) in [6.45, 7) is 0.605. The van der Waals surface area contributed by atoms with Gasteiger partial charge in [-0.1, -0.05) is 0 Å². The number of benzene rings is 2. The molecule has 1 aliphatic heterocycles. The van der Waals surface area contributed by atoms with Crippen LogP contribution < -0.4 is 4.46 Å². The maximum absolute atomic E-state index is 12.3. The quantitative estimate of drug-likeness (QED) is 0.620. The first kappa shape index (κ1) is 15.3. The fraction of sp³-hybridized carbons (Fsp3) is 0.278. The topological polar surface area (TPSA) is 35.5 Å². The van der Waals surface area contributed by atoms with Crippen molar-refractivity contribution in [2.45, 2.75) is 10.9 Å². The van der Waals surface area contributed by atoms with Crippen molar-refractivity contribution in [1.82, 2.24) is 0 Å². The minimum absolute atomic E-state index is 0.172. The van der Waals surface area contributed by atoms with Crippen molar-refractivity contribution in [1.29, 1.82) is 0 Å². The first-order valence-electron chi connectivity index (χ1n) is 7.25. The summed E-state index contributed by atoms with van der Waals surface area (Å²) in [6, 6.07) is 20.3. The molecule has 2 aromatic carbocycles. The number of hydrogen-bond acceptors (Lipinski definition) is 3. The number of esters is 1. The third-order valence-corrected chi connectivity index (χ3v) is 6.48. The van der Waals surface area contributed by atoms with E-state index in [1.165, 1.54) is 11.6 Å². The molecule has 3 atom stereocenters. The molecule has 4 heteroatoms. The van der Waals surface area contributed by atoms with Crippen LogP contribution in [0.25, 0.3) is 0 Å². The van der Waals surface area contributed by atoms with Gasteiger partial charge in [-0.05, 0) is 0 Å². The SMILES string of the molecule is COC(=O)[C@H]1[C@@H]([Se]c2ccccc2)CO[C@H]1c1ccccc1. The molecule has 0 aromatic heterocycles. The maximum atomic E-state index is 12.3. The number of methoxy groups -OCH3 is 1. The number of carbonyl (C=O) groups excluding carboxylic acids is 1. The van der Waals surface area contributed by atoms with Crippen LogP contribution in [0.3, 0.4) is 0 Å². The molecule has 0 N–H and O–H groups in total. The summed E-state index contributed by atoms with van der Waals surface area (Å²) in [5.41, 5.74) is 1.05. The van der Waals surface area contributed by atoms with Crippen LogP contribution in [0.15, 0.2) is 60.7 Å². The van der Waals surface area contributed by atoms with Crippen LogP contribution in [0.5, 0.6) is 0 Å². The first-order valence-corrected chi connectivity index (χ1v) is 9.10. The normalized spacial score (nSPS) is 24.1. The number of ether oxygens (including phenoxy) is 2. The molecule has 0 saturated carbocycles. The Morgan fingerprint density at radius 2 is 1.73 bits per heavy atom. The zero-order valence-corrected chi connectivity index (χ0v) is 14.1. The molecule has 1 aliphatic rings. The standard InChI is InChI=1S/C18H18O3Se/c1-20-18(19)16-15(22-14-10-6-3-7-11-14)12-21-17(16)13-8-4-2-5-9-13/h2-11,15-17H,12H2,1H3/t15-,16-,17-/m0/s1. The second kappa shape index (κ2) is 7.10. The van der Waals surface area contributed by atoms with Crippen molar-refractivity contribution < 1.29 is 14.3 Å². The molecule has 114 valence electrons. The van der Waals surface area contributed by atoms with Gasteiger partial charge in [0, 0.05) is 0 Å². The van der Waals surface area contributed by atoms with Crippen molar-refractivity contribution in [3.63, 3.8) is 0 Å². The van der Waals surface area contributed by atoms with Crippen LogP contribution in [-0.4, -0.2) is 34.6 Å². The number of carbonyl (C=O) groups is 1. The molecule has 0 spiro atoms. The Hall–Kier alpha value is -1.61. The molecule has 0 aliphatic carbocycles. The second-order valence-electron chi connectivity index (χ2n) is 5.18. The first-order chi connectivity index (χ1) is 10.8. The van der Waals surface area contributed by atoms with Crippen molar-refractivity contribution in [3.8, 4) is 0 Å². The zero-order valence-electron chi connectivity index (χ0n) is 12.3. The minimum atomic E-state index is -0.229. The summed E-state index contributed by atoms with van der Waals surface area (Å²) in [5, 5.41) is 0. The summed E-state index contributed by atoms with van der Waals surface area (Å²) >= 11 is 0.184. The summed E-state index contributed by atoms with van der Waals surface area (Å²) < 4.78 is 12.3. The molecule has 22 heavy (non-hydrogen) atoms. The molecule has 0 amide bonds. The van der Waals surface area contributed by atoms with Crippen LogP contribution in [0, 0.1) is 5.92 Å². The predicted octanol–water partition coefficient (Wildman–Crippen LogP) is 2.37. The summed E-state index contributed by atoms with van der Waals surface area (Å²) in [6.07, 6.45) is -0.204. The van der Waals surface area contributed by atoms with E-state index >= 15 is 0 Å². The van der Waals surface area contributed by atoms with E-state index in [4.69, 9.17) is 9.47 Å². The Bertz CT molecular complexity index is 615. The van der Waals surface area contributed by atoms with E-state index in [0.29, 0.717) is 6.61 Å². The van der Waals surface area contributed by atoms with E-state index in [1.807, 2.05) is 48.5 Å². The van der Waals surface area contributed by atoms with E-state index in [9.17, 15) is 4.79 Å². The monoisotopic (exact) mass is 362 g/mol. The molecule has 1 heterocycles. The molecular formula is C18H18O3Se. The molecule has 0 radical (unpaired) electrons. The van der Waals surface area contributed by atoms with Gasteiger partial charge in [0.2, 0.25) is 0 Å². The molecule has 0 bridgehead atoms. The summed E-state index contributed by atoms with van der Waals surface area (Å²) in [5.74, 6) is -0.401. The predicted molar refractivity (Wildman–Crippen MR) is 86.2 cm³/mol. The number of rotatable bonds is 4. The Morgan fingerprint density at radius 3 is 2.36 bits per heavy atom. The van der Waals surface area contributed by atoms with Crippen molar-refractivity contribution in [3.05, 3.63) is 66.2 Å². The van der Waals surface area contributed by atoms with Gasteiger partial charge in [-0.3, -0.25) is 0 Å². The molecule has 3 rings (SSSR count). The summed E-state index contributed by atoms with van der Waals surface area (Å²) in [4.78, 5) is 12.5. The van der Waals surface area contributed by atoms with Gasteiger partial charge >= 0.3 is 136 Å². The Morgan fingerprint density at radius 1 is 1.09 bits per heavy atom. The van der Waals surface area contributed by atoms with Gasteiger partial charge in [0.15, 0.2) is 0 Å². The molecule has 1 saturated heterocycles.